The minimum Gasteiger partial charge on any atom is -0.478 e. The van der Waals surface area contributed by atoms with Crippen LogP contribution in [0.5, 0.6) is 0 Å². The maximum Gasteiger partial charge on any atom is 0.339 e. The first-order chi connectivity index (χ1) is 12.0. The zero-order valence-electron chi connectivity index (χ0n) is 14.3. The summed E-state index contributed by atoms with van der Waals surface area (Å²) in [6, 6.07) is 7.20. The number of aromatic carboxylic acids is 1. The number of amides is 1. The summed E-state index contributed by atoms with van der Waals surface area (Å²) in [4.78, 5) is 23.8. The van der Waals surface area contributed by atoms with Crippen molar-refractivity contribution >= 4 is 17.6 Å². The van der Waals surface area contributed by atoms with Crippen molar-refractivity contribution in [3.05, 3.63) is 41.7 Å². The number of nitrogens with zero attached hydrogens (tertiary/aromatic N) is 2. The van der Waals surface area contributed by atoms with E-state index >= 15 is 0 Å². The fourth-order valence-corrected chi connectivity index (χ4v) is 3.18. The number of anilines is 1. The number of carbonyl (C=O) groups excluding carboxylic acids is 1. The molecule has 0 radical (unpaired) electrons. The van der Waals surface area contributed by atoms with E-state index in [0.717, 1.165) is 19.3 Å². The summed E-state index contributed by atoms with van der Waals surface area (Å²) in [6.07, 6.45) is 4.01. The van der Waals surface area contributed by atoms with Gasteiger partial charge < -0.3 is 15.2 Å². The van der Waals surface area contributed by atoms with E-state index in [1.54, 1.807) is 36.9 Å². The van der Waals surface area contributed by atoms with Crippen LogP contribution in [0.3, 0.4) is 0 Å². The van der Waals surface area contributed by atoms with Gasteiger partial charge in [0.2, 0.25) is 5.91 Å². The molecule has 2 aromatic rings. The van der Waals surface area contributed by atoms with Gasteiger partial charge in [-0.05, 0) is 38.0 Å². The molecule has 0 saturated heterocycles. The van der Waals surface area contributed by atoms with Crippen molar-refractivity contribution in [3.8, 4) is 5.69 Å². The summed E-state index contributed by atoms with van der Waals surface area (Å²) in [5, 5.41) is 16.2. The summed E-state index contributed by atoms with van der Waals surface area (Å²) >= 11 is 0. The van der Waals surface area contributed by atoms with E-state index in [1.165, 1.54) is 6.20 Å². The molecule has 2 N–H and O–H groups in total. The summed E-state index contributed by atoms with van der Waals surface area (Å²) in [5.74, 6) is -1.05. The van der Waals surface area contributed by atoms with Gasteiger partial charge in [0.1, 0.15) is 5.56 Å². The average molecular weight is 343 g/mol. The number of nitrogens with one attached hydrogen (secondary N) is 1. The molecule has 7 heteroatoms. The van der Waals surface area contributed by atoms with E-state index in [4.69, 9.17) is 9.84 Å². The molecule has 1 aliphatic carbocycles. The standard InChI is InChI=1S/C18H21N3O4/c1-12-15(16(22)23)10-19-21(12)14-6-3-5-13(9-14)20-17(24)18(11-25-2)7-4-8-18/h3,5-6,9-10H,4,7-8,11H2,1-2H3,(H,20,24)(H,22,23). The van der Waals surface area contributed by atoms with Gasteiger partial charge in [0.05, 0.1) is 29.6 Å². The van der Waals surface area contributed by atoms with Gasteiger partial charge in [-0.1, -0.05) is 12.5 Å². The fraction of sp³-hybridized carbons (Fsp3) is 0.389. The molecule has 1 aliphatic rings. The number of hydrogen-bond acceptors (Lipinski definition) is 4. The first-order valence-corrected chi connectivity index (χ1v) is 8.15. The molecule has 0 unspecified atom stereocenters. The first kappa shape index (κ1) is 17.2. The van der Waals surface area contributed by atoms with Crippen molar-refractivity contribution in [2.45, 2.75) is 26.2 Å². The second-order valence-corrected chi connectivity index (χ2v) is 6.43. The Morgan fingerprint density at radius 2 is 2.16 bits per heavy atom. The Balaban J connectivity index is 1.83. The Morgan fingerprint density at radius 3 is 2.72 bits per heavy atom. The number of methoxy groups -OCH3 is 1. The van der Waals surface area contributed by atoms with Crippen molar-refractivity contribution in [1.82, 2.24) is 9.78 Å². The molecule has 3 rings (SSSR count). The van der Waals surface area contributed by atoms with Crippen LogP contribution in [0.2, 0.25) is 0 Å². The lowest BCUT2D eigenvalue weighted by atomic mass is 9.68. The van der Waals surface area contributed by atoms with Gasteiger partial charge in [-0.2, -0.15) is 5.10 Å². The third-order valence-electron chi connectivity index (χ3n) is 4.80. The quantitative estimate of drug-likeness (QED) is 0.841. The Bertz CT molecular complexity index is 808. The predicted molar refractivity (Wildman–Crippen MR) is 92.1 cm³/mol. The maximum atomic E-state index is 12.6. The van der Waals surface area contributed by atoms with E-state index in [2.05, 4.69) is 10.4 Å². The number of hydrogen-bond donors (Lipinski definition) is 2. The number of aromatic nitrogens is 2. The molecule has 0 bridgehead atoms. The summed E-state index contributed by atoms with van der Waals surface area (Å²) in [7, 11) is 1.61. The lowest BCUT2D eigenvalue weighted by molar-refractivity contribution is -0.134. The number of rotatable bonds is 6. The van der Waals surface area contributed by atoms with Crippen LogP contribution in [0.25, 0.3) is 5.69 Å². The molecular formula is C18H21N3O4. The highest BCUT2D eigenvalue weighted by Crippen LogP contribution is 2.42. The Labute approximate surface area is 145 Å². The SMILES string of the molecule is COCC1(C(=O)Nc2cccc(-n3ncc(C(=O)O)c3C)c2)CCC1. The molecule has 0 spiro atoms. The van der Waals surface area contributed by atoms with Crippen molar-refractivity contribution in [2.75, 3.05) is 19.0 Å². The first-order valence-electron chi connectivity index (χ1n) is 8.15. The van der Waals surface area contributed by atoms with Crippen LogP contribution in [0.4, 0.5) is 5.69 Å². The zero-order valence-corrected chi connectivity index (χ0v) is 14.3. The molecule has 7 nitrogen and oxygen atoms in total. The number of carboxylic acid groups (broad SMARTS) is 1. The molecule has 1 aromatic carbocycles. The normalized spacial score (nSPS) is 15.4. The van der Waals surface area contributed by atoms with Gasteiger partial charge in [-0.3, -0.25) is 4.79 Å². The number of carboxylic acids is 1. The minimum absolute atomic E-state index is 0.0406. The lowest BCUT2D eigenvalue weighted by Gasteiger charge is -2.39. The van der Waals surface area contributed by atoms with Crippen molar-refractivity contribution in [1.29, 1.82) is 0 Å². The Kier molecular flexibility index (Phi) is 4.59. The molecule has 1 amide bonds. The second-order valence-electron chi connectivity index (χ2n) is 6.43. The van der Waals surface area contributed by atoms with Crippen LogP contribution < -0.4 is 5.32 Å². The third kappa shape index (κ3) is 3.15. The van der Waals surface area contributed by atoms with Crippen LogP contribution in [-0.2, 0) is 9.53 Å². The Morgan fingerprint density at radius 1 is 1.40 bits per heavy atom. The molecule has 132 valence electrons. The van der Waals surface area contributed by atoms with E-state index in [-0.39, 0.29) is 11.5 Å². The van der Waals surface area contributed by atoms with Crippen molar-refractivity contribution in [2.24, 2.45) is 5.41 Å². The van der Waals surface area contributed by atoms with Gasteiger partial charge in [0, 0.05) is 12.8 Å². The summed E-state index contributed by atoms with van der Waals surface area (Å²) in [5.41, 5.74) is 1.59. The molecule has 0 atom stereocenters. The molecule has 1 fully saturated rings. The number of carbonyl (C=O) groups is 2. The predicted octanol–water partition coefficient (Wildman–Crippen LogP) is 2.63. The highest BCUT2D eigenvalue weighted by molar-refractivity contribution is 5.96. The van der Waals surface area contributed by atoms with Crippen molar-refractivity contribution in [3.63, 3.8) is 0 Å². The molecule has 1 heterocycles. The minimum atomic E-state index is -1.01. The molecule has 0 aliphatic heterocycles. The largest absolute Gasteiger partial charge is 0.478 e. The van der Waals surface area contributed by atoms with Crippen LogP contribution in [0, 0.1) is 12.3 Å². The lowest BCUT2D eigenvalue weighted by Crippen LogP contribution is -2.45. The Hall–Kier alpha value is -2.67. The molecule has 25 heavy (non-hydrogen) atoms. The molecule has 1 saturated carbocycles. The monoisotopic (exact) mass is 343 g/mol. The number of benzene rings is 1. The van der Waals surface area contributed by atoms with Gasteiger partial charge in [-0.15, -0.1) is 0 Å². The van der Waals surface area contributed by atoms with E-state index < -0.39 is 11.4 Å². The zero-order chi connectivity index (χ0) is 18.0. The summed E-state index contributed by atoms with van der Waals surface area (Å²) in [6.45, 7) is 2.11. The van der Waals surface area contributed by atoms with E-state index in [1.807, 2.05) is 6.07 Å². The average Bonchev–Trinajstić information content (AvgIpc) is 2.92. The van der Waals surface area contributed by atoms with Gasteiger partial charge in [0.25, 0.3) is 0 Å². The van der Waals surface area contributed by atoms with Crippen LogP contribution >= 0.6 is 0 Å². The van der Waals surface area contributed by atoms with Crippen LogP contribution in [0.1, 0.15) is 35.3 Å². The highest BCUT2D eigenvalue weighted by atomic mass is 16.5. The highest BCUT2D eigenvalue weighted by Gasteiger charge is 2.44. The topological polar surface area (TPSA) is 93.5 Å². The molecule has 1 aromatic heterocycles. The molecular weight excluding hydrogens is 322 g/mol. The second kappa shape index (κ2) is 6.68. The van der Waals surface area contributed by atoms with Gasteiger partial charge in [0.15, 0.2) is 0 Å². The number of ether oxygens (including phenoxy) is 1. The maximum absolute atomic E-state index is 12.6. The van der Waals surface area contributed by atoms with E-state index in [9.17, 15) is 9.59 Å². The third-order valence-corrected chi connectivity index (χ3v) is 4.80. The van der Waals surface area contributed by atoms with Gasteiger partial charge in [-0.25, -0.2) is 9.48 Å². The van der Waals surface area contributed by atoms with E-state index in [0.29, 0.717) is 23.7 Å². The fourth-order valence-electron chi connectivity index (χ4n) is 3.18. The van der Waals surface area contributed by atoms with Gasteiger partial charge >= 0.3 is 5.97 Å². The van der Waals surface area contributed by atoms with Crippen molar-refractivity contribution < 1.29 is 19.4 Å². The smallest absolute Gasteiger partial charge is 0.339 e. The van der Waals surface area contributed by atoms with Crippen LogP contribution in [0.15, 0.2) is 30.5 Å². The summed E-state index contributed by atoms with van der Waals surface area (Å²) < 4.78 is 6.76. The van der Waals surface area contributed by atoms with Crippen LogP contribution in [-0.4, -0.2) is 40.5 Å².